The number of nitrogens with two attached hydrogens (primary N) is 2. The molecule has 4 unspecified atom stereocenters. The average molecular weight is 391 g/mol. The molecule has 0 radical (unpaired) electrons. The molecule has 0 fully saturated rings. The summed E-state index contributed by atoms with van der Waals surface area (Å²) in [6, 6.07) is -4.26. The number of primary amides is 1. The van der Waals surface area contributed by atoms with Gasteiger partial charge in [-0.2, -0.15) is 12.6 Å². The number of hydrogen-bond donors (Lipinski definition) is 7. The van der Waals surface area contributed by atoms with Crippen molar-refractivity contribution in [3.63, 3.8) is 0 Å². The molecule has 0 saturated heterocycles. The lowest BCUT2D eigenvalue weighted by Crippen LogP contribution is -2.56. The van der Waals surface area contributed by atoms with Crippen molar-refractivity contribution in [2.24, 2.45) is 11.5 Å². The molecule has 0 aromatic rings. The Kier molecular flexibility index (Phi) is 10.3. The minimum Gasteiger partial charge on any atom is -0.480 e. The Bertz CT molecular complexity index is 556. The Morgan fingerprint density at radius 3 is 1.92 bits per heavy atom. The number of aliphatic carboxylic acids is 1. The Balaban J connectivity index is 4.80. The molecule has 11 nitrogen and oxygen atoms in total. The Morgan fingerprint density at radius 2 is 1.50 bits per heavy atom. The van der Waals surface area contributed by atoms with Crippen LogP contribution in [0.4, 0.5) is 0 Å². The fraction of sp³-hybridized carbons (Fsp3) is 0.643. The van der Waals surface area contributed by atoms with Crippen molar-refractivity contribution in [2.45, 2.75) is 50.9 Å². The number of carboxylic acid groups (broad SMARTS) is 1. The lowest BCUT2D eigenvalue weighted by atomic mass is 10.1. The highest BCUT2D eigenvalue weighted by Gasteiger charge is 2.27. The highest BCUT2D eigenvalue weighted by Crippen LogP contribution is 2.00. The maximum atomic E-state index is 12.2. The molecule has 0 aromatic heterocycles. The Hall–Kier alpha value is -2.34. The van der Waals surface area contributed by atoms with Gasteiger partial charge in [-0.05, 0) is 20.3 Å². The third-order valence-electron chi connectivity index (χ3n) is 3.28. The number of hydrogen-bond acceptors (Lipinski definition) is 7. The van der Waals surface area contributed by atoms with Gasteiger partial charge in [0, 0.05) is 12.2 Å². The molecule has 0 heterocycles. The van der Waals surface area contributed by atoms with Crippen LogP contribution in [-0.2, 0) is 24.0 Å². The number of thiol groups is 1. The molecular weight excluding hydrogens is 366 g/mol. The van der Waals surface area contributed by atoms with Gasteiger partial charge in [-0.3, -0.25) is 19.2 Å². The number of carbonyl (C=O) groups is 5. The minimum atomic E-state index is -1.35. The molecule has 26 heavy (non-hydrogen) atoms. The van der Waals surface area contributed by atoms with Gasteiger partial charge >= 0.3 is 5.97 Å². The molecular formula is C14H25N5O6S. The summed E-state index contributed by atoms with van der Waals surface area (Å²) in [6.07, 6.45) is -0.417. The maximum absolute atomic E-state index is 12.2. The first-order valence-electron chi connectivity index (χ1n) is 7.78. The van der Waals surface area contributed by atoms with Gasteiger partial charge in [-0.15, -0.1) is 0 Å². The van der Waals surface area contributed by atoms with Gasteiger partial charge in [0.25, 0.3) is 0 Å². The van der Waals surface area contributed by atoms with Gasteiger partial charge in [0.15, 0.2) is 0 Å². The van der Waals surface area contributed by atoms with Crippen molar-refractivity contribution in [1.82, 2.24) is 16.0 Å². The summed E-state index contributed by atoms with van der Waals surface area (Å²) in [5.41, 5.74) is 10.3. The largest absolute Gasteiger partial charge is 0.480 e. The molecule has 0 aromatic carbocycles. The number of rotatable bonds is 11. The molecule has 12 heteroatoms. The predicted molar refractivity (Wildman–Crippen MR) is 95.0 cm³/mol. The first-order valence-corrected chi connectivity index (χ1v) is 8.41. The number of carbonyl (C=O) groups excluding carboxylic acids is 4. The standard InChI is InChI=1S/C14H25N5O6S/c1-6(15)11(21)17-7(2)12(22)19-9(5-26)13(23)18-8(14(24)25)3-4-10(16)20/h6-9,26H,3-5,15H2,1-2H3,(H2,16,20)(H,17,21)(H,18,23)(H,19,22)(H,24,25). The van der Waals surface area contributed by atoms with Crippen LogP contribution in [0.5, 0.6) is 0 Å². The highest BCUT2D eigenvalue weighted by atomic mass is 32.1. The Morgan fingerprint density at radius 1 is 0.962 bits per heavy atom. The predicted octanol–water partition coefficient (Wildman–Crippen LogP) is -2.91. The average Bonchev–Trinajstić information content (AvgIpc) is 2.54. The molecule has 0 saturated carbocycles. The van der Waals surface area contributed by atoms with Gasteiger partial charge in [-0.25, -0.2) is 4.79 Å². The summed E-state index contributed by atoms with van der Waals surface area (Å²) in [5.74, 6) is -4.18. The molecule has 0 rings (SSSR count). The third-order valence-corrected chi connectivity index (χ3v) is 3.64. The van der Waals surface area contributed by atoms with Crippen LogP contribution in [0.25, 0.3) is 0 Å². The van der Waals surface area contributed by atoms with Crippen LogP contribution in [-0.4, -0.2) is 64.6 Å². The third kappa shape index (κ3) is 8.67. The van der Waals surface area contributed by atoms with Gasteiger partial charge in [0.05, 0.1) is 6.04 Å². The first kappa shape index (κ1) is 23.7. The van der Waals surface area contributed by atoms with Crippen LogP contribution in [0, 0.1) is 0 Å². The van der Waals surface area contributed by atoms with Crippen LogP contribution in [0.3, 0.4) is 0 Å². The second-order valence-electron chi connectivity index (χ2n) is 5.67. The van der Waals surface area contributed by atoms with E-state index in [0.29, 0.717) is 0 Å². The van der Waals surface area contributed by atoms with Crippen molar-refractivity contribution in [3.8, 4) is 0 Å². The van der Waals surface area contributed by atoms with Crippen LogP contribution in [0.15, 0.2) is 0 Å². The van der Waals surface area contributed by atoms with Crippen molar-refractivity contribution in [3.05, 3.63) is 0 Å². The summed E-state index contributed by atoms with van der Waals surface area (Å²) in [4.78, 5) is 57.6. The zero-order valence-corrected chi connectivity index (χ0v) is 15.4. The van der Waals surface area contributed by atoms with Gasteiger partial charge in [0.2, 0.25) is 23.6 Å². The lowest BCUT2D eigenvalue weighted by Gasteiger charge is -2.22. The Labute approximate surface area is 156 Å². The fourth-order valence-electron chi connectivity index (χ4n) is 1.72. The minimum absolute atomic E-state index is 0.117. The monoisotopic (exact) mass is 391 g/mol. The van der Waals surface area contributed by atoms with Crippen molar-refractivity contribution in [2.75, 3.05) is 5.75 Å². The van der Waals surface area contributed by atoms with Crippen molar-refractivity contribution < 1.29 is 29.1 Å². The molecule has 0 aliphatic heterocycles. The van der Waals surface area contributed by atoms with E-state index in [-0.39, 0.29) is 18.6 Å². The quantitative estimate of drug-likeness (QED) is 0.183. The van der Waals surface area contributed by atoms with E-state index in [9.17, 15) is 24.0 Å². The first-order chi connectivity index (χ1) is 12.0. The van der Waals surface area contributed by atoms with Crippen LogP contribution >= 0.6 is 12.6 Å². The summed E-state index contributed by atoms with van der Waals surface area (Å²) in [6.45, 7) is 2.85. The van der Waals surface area contributed by atoms with Crippen LogP contribution in [0.1, 0.15) is 26.7 Å². The molecule has 148 valence electrons. The summed E-state index contributed by atoms with van der Waals surface area (Å²) >= 11 is 3.96. The molecule has 0 aliphatic carbocycles. The van der Waals surface area contributed by atoms with E-state index in [0.717, 1.165) is 0 Å². The lowest BCUT2D eigenvalue weighted by molar-refractivity contribution is -0.142. The van der Waals surface area contributed by atoms with Crippen molar-refractivity contribution in [1.29, 1.82) is 0 Å². The zero-order chi connectivity index (χ0) is 20.4. The molecule has 0 spiro atoms. The SMILES string of the molecule is CC(N)C(=O)NC(C)C(=O)NC(CS)C(=O)NC(CCC(N)=O)C(=O)O. The second-order valence-corrected chi connectivity index (χ2v) is 6.03. The fourth-order valence-corrected chi connectivity index (χ4v) is 1.97. The normalized spacial score (nSPS) is 15.1. The number of carboxylic acids is 1. The van der Waals surface area contributed by atoms with Crippen LogP contribution in [0.2, 0.25) is 0 Å². The van der Waals surface area contributed by atoms with Gasteiger partial charge in [-0.1, -0.05) is 0 Å². The topological polar surface area (TPSA) is 194 Å². The summed E-state index contributed by atoms with van der Waals surface area (Å²) < 4.78 is 0. The van der Waals surface area contributed by atoms with Gasteiger partial charge < -0.3 is 32.5 Å². The van der Waals surface area contributed by atoms with E-state index >= 15 is 0 Å². The highest BCUT2D eigenvalue weighted by molar-refractivity contribution is 7.80. The molecule has 0 aliphatic rings. The van der Waals surface area contributed by atoms with Crippen molar-refractivity contribution >= 4 is 42.2 Å². The molecule has 4 atom stereocenters. The van der Waals surface area contributed by atoms with Crippen LogP contribution < -0.4 is 27.4 Å². The number of nitrogens with one attached hydrogen (secondary N) is 3. The van der Waals surface area contributed by atoms with E-state index < -0.39 is 53.8 Å². The molecule has 4 amide bonds. The van der Waals surface area contributed by atoms with E-state index in [4.69, 9.17) is 16.6 Å². The molecule has 0 bridgehead atoms. The summed E-state index contributed by atoms with van der Waals surface area (Å²) in [7, 11) is 0. The van der Waals surface area contributed by atoms with E-state index in [2.05, 4.69) is 28.6 Å². The second kappa shape index (κ2) is 11.3. The summed E-state index contributed by atoms with van der Waals surface area (Å²) in [5, 5.41) is 16.0. The van der Waals surface area contributed by atoms with E-state index in [1.54, 1.807) is 0 Å². The smallest absolute Gasteiger partial charge is 0.326 e. The molecule has 8 N–H and O–H groups in total. The zero-order valence-electron chi connectivity index (χ0n) is 14.5. The maximum Gasteiger partial charge on any atom is 0.326 e. The van der Waals surface area contributed by atoms with E-state index in [1.807, 2.05) is 0 Å². The van der Waals surface area contributed by atoms with E-state index in [1.165, 1.54) is 13.8 Å². The number of amides is 4. The van der Waals surface area contributed by atoms with Gasteiger partial charge in [0.1, 0.15) is 18.1 Å².